The van der Waals surface area contributed by atoms with Crippen LogP contribution in [0, 0.1) is 0 Å². The normalized spacial score (nSPS) is 16.6. The van der Waals surface area contributed by atoms with Gasteiger partial charge < -0.3 is 9.57 Å². The van der Waals surface area contributed by atoms with Crippen LogP contribution in [-0.4, -0.2) is 18.4 Å². The number of nitrogens with two attached hydrogens (primary N) is 1. The van der Waals surface area contributed by atoms with Gasteiger partial charge in [0.1, 0.15) is 11.3 Å². The smallest absolute Gasteiger partial charge is 0.346 e. The van der Waals surface area contributed by atoms with Crippen molar-refractivity contribution in [2.45, 2.75) is 46.5 Å². The quantitative estimate of drug-likeness (QED) is 0.272. The van der Waals surface area contributed by atoms with E-state index in [1.807, 2.05) is 13.8 Å². The second-order valence-corrected chi connectivity index (χ2v) is 3.97. The van der Waals surface area contributed by atoms with Gasteiger partial charge in [-0.3, -0.25) is 4.79 Å². The van der Waals surface area contributed by atoms with Gasteiger partial charge in [-0.05, 0) is 12.8 Å². The van der Waals surface area contributed by atoms with E-state index in [1.165, 1.54) is 6.08 Å². The van der Waals surface area contributed by atoms with Crippen LogP contribution in [0.4, 0.5) is 0 Å². The van der Waals surface area contributed by atoms with Gasteiger partial charge in [-0.15, -0.1) is 0 Å². The summed E-state index contributed by atoms with van der Waals surface area (Å²) in [6.45, 7) is 6.49. The number of unbranched alkanes of at least 4 members (excludes halogenated alkanes) is 1. The van der Waals surface area contributed by atoms with Crippen LogP contribution in [0.2, 0.25) is 0 Å². The highest BCUT2D eigenvalue weighted by atomic mass is 16.6. The zero-order chi connectivity index (χ0) is 14.7. The number of ketones is 1. The van der Waals surface area contributed by atoms with E-state index in [-0.39, 0.29) is 11.4 Å². The Hall–Kier alpha value is -1.46. The van der Waals surface area contributed by atoms with Gasteiger partial charge in [0, 0.05) is 12.5 Å². The minimum absolute atomic E-state index is 0.153. The standard InChI is InChI=1S/C10H12O3.C4H11NO/c1-3-5-8-9(11)6-7(4-2)13-10(8)12;1-2-3-4-6-5/h5-6H,3-4H2,1-2H3;2-5H2,1H3. The number of carbonyl (C=O) groups is 2. The number of carbonyl (C=O) groups excluding carboxylic acids is 2. The molecule has 0 radical (unpaired) electrons. The van der Waals surface area contributed by atoms with Crippen molar-refractivity contribution in [2.24, 2.45) is 5.90 Å². The first-order valence-electron chi connectivity index (χ1n) is 6.59. The fourth-order valence-electron chi connectivity index (χ4n) is 1.32. The molecule has 0 aromatic rings. The maximum atomic E-state index is 11.3. The molecule has 0 saturated carbocycles. The van der Waals surface area contributed by atoms with E-state index in [0.717, 1.165) is 12.8 Å². The number of cyclic esters (lactones) is 1. The van der Waals surface area contributed by atoms with Crippen molar-refractivity contribution in [3.05, 3.63) is 23.5 Å². The van der Waals surface area contributed by atoms with Crippen LogP contribution in [-0.2, 0) is 19.2 Å². The van der Waals surface area contributed by atoms with Gasteiger partial charge in [-0.25, -0.2) is 10.7 Å². The molecule has 0 aromatic heterocycles. The lowest BCUT2D eigenvalue weighted by Gasteiger charge is -2.12. The Morgan fingerprint density at radius 3 is 2.37 bits per heavy atom. The fraction of sp³-hybridized carbons (Fsp3) is 0.571. The average molecular weight is 269 g/mol. The maximum Gasteiger partial charge on any atom is 0.346 e. The predicted octanol–water partition coefficient (Wildman–Crippen LogP) is 2.42. The molecule has 0 saturated heterocycles. The van der Waals surface area contributed by atoms with E-state index in [9.17, 15) is 9.59 Å². The molecule has 1 heterocycles. The van der Waals surface area contributed by atoms with Crippen molar-refractivity contribution in [1.29, 1.82) is 0 Å². The molecule has 1 rings (SSSR count). The van der Waals surface area contributed by atoms with Crippen molar-refractivity contribution >= 4 is 11.8 Å². The second kappa shape index (κ2) is 10.5. The lowest BCUT2D eigenvalue weighted by atomic mass is 10.1. The highest BCUT2D eigenvalue weighted by Gasteiger charge is 2.24. The lowest BCUT2D eigenvalue weighted by molar-refractivity contribution is -0.137. The Kier molecular flexibility index (Phi) is 9.66. The minimum atomic E-state index is -0.522. The minimum Gasteiger partial charge on any atom is -0.427 e. The summed E-state index contributed by atoms with van der Waals surface area (Å²) in [5.74, 6) is 4.40. The molecule has 5 heteroatoms. The van der Waals surface area contributed by atoms with E-state index >= 15 is 0 Å². The summed E-state index contributed by atoms with van der Waals surface area (Å²) >= 11 is 0. The molecule has 0 atom stereocenters. The van der Waals surface area contributed by atoms with E-state index < -0.39 is 5.97 Å². The second-order valence-electron chi connectivity index (χ2n) is 3.97. The first-order chi connectivity index (χ1) is 9.10. The number of ether oxygens (including phenoxy) is 1. The van der Waals surface area contributed by atoms with Gasteiger partial charge in [0.05, 0.1) is 6.61 Å². The van der Waals surface area contributed by atoms with Gasteiger partial charge in [-0.1, -0.05) is 33.3 Å². The maximum absolute atomic E-state index is 11.3. The molecule has 0 fully saturated rings. The number of hydrogen-bond donors (Lipinski definition) is 1. The Bertz CT molecular complexity index is 354. The fourth-order valence-corrected chi connectivity index (χ4v) is 1.32. The average Bonchev–Trinajstić information content (AvgIpc) is 2.41. The molecule has 5 nitrogen and oxygen atoms in total. The van der Waals surface area contributed by atoms with Crippen LogP contribution in [0.25, 0.3) is 0 Å². The number of esters is 1. The summed E-state index contributed by atoms with van der Waals surface area (Å²) in [7, 11) is 0. The van der Waals surface area contributed by atoms with Gasteiger partial charge >= 0.3 is 5.97 Å². The predicted molar refractivity (Wildman–Crippen MR) is 72.9 cm³/mol. The van der Waals surface area contributed by atoms with Crippen LogP contribution < -0.4 is 5.90 Å². The third kappa shape index (κ3) is 6.88. The van der Waals surface area contributed by atoms with Crippen molar-refractivity contribution < 1.29 is 19.2 Å². The molecule has 0 spiro atoms. The zero-order valence-electron chi connectivity index (χ0n) is 11.9. The zero-order valence-corrected chi connectivity index (χ0v) is 11.9. The van der Waals surface area contributed by atoms with Crippen LogP contribution >= 0.6 is 0 Å². The topological polar surface area (TPSA) is 78.6 Å². The van der Waals surface area contributed by atoms with Crippen molar-refractivity contribution in [1.82, 2.24) is 0 Å². The van der Waals surface area contributed by atoms with E-state index in [2.05, 4.69) is 11.8 Å². The van der Waals surface area contributed by atoms with Gasteiger partial charge in [0.2, 0.25) is 0 Å². The highest BCUT2D eigenvalue weighted by molar-refractivity contribution is 6.23. The van der Waals surface area contributed by atoms with Crippen molar-refractivity contribution in [3.8, 4) is 0 Å². The van der Waals surface area contributed by atoms with E-state index in [4.69, 9.17) is 10.6 Å². The Morgan fingerprint density at radius 2 is 2.00 bits per heavy atom. The summed E-state index contributed by atoms with van der Waals surface area (Å²) in [5, 5.41) is 0. The van der Waals surface area contributed by atoms with E-state index in [0.29, 0.717) is 25.2 Å². The Balaban J connectivity index is 0.000000459. The molecule has 1 aliphatic rings. The number of hydrogen-bond acceptors (Lipinski definition) is 5. The molecule has 108 valence electrons. The summed E-state index contributed by atoms with van der Waals surface area (Å²) < 4.78 is 4.90. The molecule has 0 unspecified atom stereocenters. The molecule has 0 aliphatic carbocycles. The van der Waals surface area contributed by atoms with Gasteiger partial charge in [0.25, 0.3) is 0 Å². The molecule has 0 aromatic carbocycles. The largest absolute Gasteiger partial charge is 0.427 e. The van der Waals surface area contributed by atoms with Crippen molar-refractivity contribution in [3.63, 3.8) is 0 Å². The van der Waals surface area contributed by atoms with Crippen molar-refractivity contribution in [2.75, 3.05) is 6.61 Å². The lowest BCUT2D eigenvalue weighted by Crippen LogP contribution is -2.20. The summed E-state index contributed by atoms with van der Waals surface area (Å²) in [4.78, 5) is 26.8. The highest BCUT2D eigenvalue weighted by Crippen LogP contribution is 2.16. The third-order valence-electron chi connectivity index (χ3n) is 2.37. The molecular weight excluding hydrogens is 246 g/mol. The summed E-state index contributed by atoms with van der Waals surface area (Å²) in [6.07, 6.45) is 6.41. The van der Waals surface area contributed by atoms with Crippen LogP contribution in [0.3, 0.4) is 0 Å². The molecule has 19 heavy (non-hydrogen) atoms. The molecule has 0 bridgehead atoms. The Morgan fingerprint density at radius 1 is 1.32 bits per heavy atom. The summed E-state index contributed by atoms with van der Waals surface area (Å²) in [6, 6.07) is 0. The third-order valence-corrected chi connectivity index (χ3v) is 2.37. The molecule has 0 amide bonds. The number of rotatable bonds is 5. The van der Waals surface area contributed by atoms with Gasteiger partial charge in [-0.2, -0.15) is 0 Å². The molecule has 2 N–H and O–H groups in total. The SMILES string of the molecule is CCC=C1C(=O)C=C(CC)OC1=O.CCCCON. The monoisotopic (exact) mass is 269 g/mol. The van der Waals surface area contributed by atoms with Crippen LogP contribution in [0.15, 0.2) is 23.5 Å². The Labute approximate surface area is 114 Å². The summed E-state index contributed by atoms with van der Waals surface area (Å²) in [5.41, 5.74) is 0.153. The first-order valence-corrected chi connectivity index (χ1v) is 6.59. The van der Waals surface area contributed by atoms with E-state index in [1.54, 1.807) is 6.08 Å². The molecular formula is C14H23NO4. The van der Waals surface area contributed by atoms with Gasteiger partial charge in [0.15, 0.2) is 5.78 Å². The van der Waals surface area contributed by atoms with Crippen LogP contribution in [0.1, 0.15) is 46.5 Å². The molecule has 1 aliphatic heterocycles. The first kappa shape index (κ1) is 17.5. The van der Waals surface area contributed by atoms with Crippen LogP contribution in [0.5, 0.6) is 0 Å². The number of allylic oxidation sites excluding steroid dienone is 3.